The van der Waals surface area contributed by atoms with Gasteiger partial charge in [-0.25, -0.2) is 9.79 Å². The predicted octanol–water partition coefficient (Wildman–Crippen LogP) is 6.24. The molecule has 0 amide bonds. The van der Waals surface area contributed by atoms with Gasteiger partial charge in [-0.3, -0.25) is 9.36 Å². The molecule has 4 aromatic rings. The van der Waals surface area contributed by atoms with Gasteiger partial charge >= 0.3 is 5.97 Å². The summed E-state index contributed by atoms with van der Waals surface area (Å²) in [6.07, 6.45) is 2.40. The van der Waals surface area contributed by atoms with E-state index in [0.29, 0.717) is 38.7 Å². The van der Waals surface area contributed by atoms with Crippen molar-refractivity contribution in [2.45, 2.75) is 26.0 Å². The third-order valence-corrected chi connectivity index (χ3v) is 9.22. The number of nitrogens with zero attached hydrogens (tertiary/aromatic N) is 2. The Bertz CT molecular complexity index is 1780. The number of fused-ring (bicyclic) bond motifs is 1. The van der Waals surface area contributed by atoms with Crippen LogP contribution in [0.3, 0.4) is 0 Å². The van der Waals surface area contributed by atoms with E-state index in [1.807, 2.05) is 79.7 Å². The summed E-state index contributed by atoms with van der Waals surface area (Å²) < 4.78 is 15.2. The van der Waals surface area contributed by atoms with E-state index in [9.17, 15) is 9.59 Å². The molecule has 3 aromatic carbocycles. The summed E-state index contributed by atoms with van der Waals surface area (Å²) >= 11 is 11.8. The first kappa shape index (κ1) is 29.0. The number of thiazole rings is 1. The lowest BCUT2D eigenvalue weighted by molar-refractivity contribution is -0.136. The third kappa shape index (κ3) is 5.93. The highest BCUT2D eigenvalue weighted by atomic mass is 127. The predicted molar refractivity (Wildman–Crippen MR) is 175 cm³/mol. The van der Waals surface area contributed by atoms with Crippen LogP contribution in [0.5, 0.6) is 5.75 Å². The van der Waals surface area contributed by atoms with Gasteiger partial charge < -0.3 is 9.47 Å². The number of halogens is 3. The molecule has 10 heteroatoms. The van der Waals surface area contributed by atoms with Gasteiger partial charge in [-0.05, 0) is 98.6 Å². The summed E-state index contributed by atoms with van der Waals surface area (Å²) in [5.41, 5.74) is 3.52. The largest absolute Gasteiger partial charge is 0.487 e. The van der Waals surface area contributed by atoms with Crippen LogP contribution >= 0.6 is 68.1 Å². The zero-order valence-corrected chi connectivity index (χ0v) is 27.4. The van der Waals surface area contributed by atoms with Crippen molar-refractivity contribution in [3.05, 3.63) is 127 Å². The molecule has 0 fully saturated rings. The van der Waals surface area contributed by atoms with Crippen LogP contribution in [-0.4, -0.2) is 17.6 Å². The van der Waals surface area contributed by atoms with Crippen LogP contribution in [-0.2, 0) is 16.1 Å². The van der Waals surface area contributed by atoms with Gasteiger partial charge in [0.1, 0.15) is 12.4 Å². The van der Waals surface area contributed by atoms with Crippen molar-refractivity contribution in [1.29, 1.82) is 0 Å². The summed E-state index contributed by atoms with van der Waals surface area (Å²) in [4.78, 5) is 32.1. The minimum absolute atomic E-state index is 0.206. The fraction of sp³-hybridized carbons (Fsp3) is 0.167. The van der Waals surface area contributed by atoms with Crippen LogP contribution < -0.4 is 19.6 Å². The highest BCUT2D eigenvalue weighted by Crippen LogP contribution is 2.32. The molecule has 2 heterocycles. The van der Waals surface area contributed by atoms with Crippen LogP contribution in [0.1, 0.15) is 36.1 Å². The topological polar surface area (TPSA) is 69.9 Å². The number of methoxy groups -OCH3 is 1. The first-order valence-corrected chi connectivity index (χ1v) is 15.7. The van der Waals surface area contributed by atoms with Crippen molar-refractivity contribution in [2.24, 2.45) is 4.99 Å². The minimum atomic E-state index is -0.620. The van der Waals surface area contributed by atoms with Gasteiger partial charge in [0.2, 0.25) is 0 Å². The first-order valence-electron chi connectivity index (χ1n) is 12.3. The van der Waals surface area contributed by atoms with E-state index in [1.165, 1.54) is 18.4 Å². The summed E-state index contributed by atoms with van der Waals surface area (Å²) in [6.45, 7) is 2.36. The van der Waals surface area contributed by atoms with E-state index >= 15 is 0 Å². The number of rotatable bonds is 7. The van der Waals surface area contributed by atoms with Crippen LogP contribution in [0.25, 0.3) is 6.08 Å². The van der Waals surface area contributed by atoms with Crippen LogP contribution in [0.4, 0.5) is 0 Å². The Morgan fingerprint density at radius 3 is 2.40 bits per heavy atom. The fourth-order valence-corrected chi connectivity index (χ4v) is 7.78. The molecule has 204 valence electrons. The molecule has 0 radical (unpaired) electrons. The van der Waals surface area contributed by atoms with Crippen molar-refractivity contribution >= 4 is 80.2 Å². The van der Waals surface area contributed by atoms with E-state index in [0.717, 1.165) is 29.6 Å². The molecule has 1 aromatic heterocycles. The number of hydrogen-bond acceptors (Lipinski definition) is 6. The summed E-state index contributed by atoms with van der Waals surface area (Å²) in [5.74, 6) is 0.302. The van der Waals surface area contributed by atoms with Gasteiger partial charge in [-0.2, -0.15) is 0 Å². The van der Waals surface area contributed by atoms with Gasteiger partial charge in [-0.1, -0.05) is 72.3 Å². The van der Waals surface area contributed by atoms with Gasteiger partial charge in [-0.15, -0.1) is 0 Å². The highest BCUT2D eigenvalue weighted by Gasteiger charge is 2.33. The lowest BCUT2D eigenvalue weighted by Gasteiger charge is -2.25. The zero-order chi connectivity index (χ0) is 28.4. The molecule has 5 rings (SSSR count). The van der Waals surface area contributed by atoms with Crippen LogP contribution in [0.2, 0.25) is 5.02 Å². The van der Waals surface area contributed by atoms with Gasteiger partial charge in [0.15, 0.2) is 4.80 Å². The molecular formula is C30H23ClI2N2O4S. The van der Waals surface area contributed by atoms with Crippen LogP contribution in [0.15, 0.2) is 87.8 Å². The number of aromatic nitrogens is 1. The Morgan fingerprint density at radius 1 is 1.10 bits per heavy atom. The zero-order valence-electron chi connectivity index (χ0n) is 21.5. The van der Waals surface area contributed by atoms with Crippen molar-refractivity contribution in [1.82, 2.24) is 4.57 Å². The average Bonchev–Trinajstić information content (AvgIpc) is 3.26. The van der Waals surface area contributed by atoms with Gasteiger partial charge in [0, 0.05) is 5.02 Å². The Labute approximate surface area is 267 Å². The van der Waals surface area contributed by atoms with Crippen molar-refractivity contribution in [3.8, 4) is 5.75 Å². The molecule has 0 unspecified atom stereocenters. The second kappa shape index (κ2) is 12.6. The quantitative estimate of drug-likeness (QED) is 0.164. The highest BCUT2D eigenvalue weighted by molar-refractivity contribution is 14.1. The molecule has 0 bridgehead atoms. The second-order valence-electron chi connectivity index (χ2n) is 8.93. The Balaban J connectivity index is 1.56. The number of carbonyl (C=O) groups excluding carboxylic acids is 1. The Kier molecular flexibility index (Phi) is 9.13. The van der Waals surface area contributed by atoms with E-state index in [1.54, 1.807) is 4.57 Å². The van der Waals surface area contributed by atoms with Crippen LogP contribution in [0, 0.1) is 7.14 Å². The number of benzene rings is 3. The number of hydrogen-bond donors (Lipinski definition) is 0. The van der Waals surface area contributed by atoms with Crippen molar-refractivity contribution < 1.29 is 14.3 Å². The lowest BCUT2D eigenvalue weighted by atomic mass is 9.95. The number of carbonyl (C=O) groups is 1. The SMILES string of the molecule is CCC1=C(C(=O)OC)[C@@H](c2ccccc2)n2c(s/c(=C\c3cc(I)c(OCc4ccc(Cl)cc4)c(I)c3)c2=O)=N1. The van der Waals surface area contributed by atoms with Crippen molar-refractivity contribution in [3.63, 3.8) is 0 Å². The molecule has 1 aliphatic rings. The molecule has 1 aliphatic heterocycles. The second-order valence-corrected chi connectivity index (χ2v) is 12.7. The van der Waals surface area contributed by atoms with E-state index in [-0.39, 0.29) is 5.56 Å². The third-order valence-electron chi connectivity index (χ3n) is 6.38. The summed E-state index contributed by atoms with van der Waals surface area (Å²) in [5, 5.41) is 0.685. The molecule has 0 N–H and O–H groups in total. The average molecular weight is 797 g/mol. The maximum absolute atomic E-state index is 13.8. The van der Waals surface area contributed by atoms with E-state index in [4.69, 9.17) is 26.1 Å². The van der Waals surface area contributed by atoms with Gasteiger partial charge in [0.05, 0.1) is 36.1 Å². The summed E-state index contributed by atoms with van der Waals surface area (Å²) in [7, 11) is 1.35. The number of esters is 1. The maximum atomic E-state index is 13.8. The molecule has 6 nitrogen and oxygen atoms in total. The maximum Gasteiger partial charge on any atom is 0.338 e. The van der Waals surface area contributed by atoms with Gasteiger partial charge in [0.25, 0.3) is 5.56 Å². The van der Waals surface area contributed by atoms with Crippen molar-refractivity contribution in [2.75, 3.05) is 7.11 Å². The molecule has 40 heavy (non-hydrogen) atoms. The number of allylic oxidation sites excluding steroid dienone is 1. The molecule has 0 saturated heterocycles. The standard InChI is InChI=1S/C30H23ClI2N2O4S/c1-3-23-25(29(37)38-2)26(19-7-5-4-6-8-19)35-28(36)24(40-30(35)34-23)15-18-13-21(32)27(22(33)14-18)39-16-17-9-11-20(31)12-10-17/h4-15,26H,3,16H2,1-2H3/b24-15-/t26-/m1/s1. The first-order chi connectivity index (χ1) is 19.3. The smallest absolute Gasteiger partial charge is 0.338 e. The number of ether oxygens (including phenoxy) is 2. The summed E-state index contributed by atoms with van der Waals surface area (Å²) in [6, 6.07) is 20.4. The molecule has 0 spiro atoms. The molecule has 0 saturated carbocycles. The minimum Gasteiger partial charge on any atom is -0.487 e. The Morgan fingerprint density at radius 2 is 1.77 bits per heavy atom. The Hall–Kier alpha value is -2.48. The van der Waals surface area contributed by atoms with E-state index < -0.39 is 12.0 Å². The fourth-order valence-electron chi connectivity index (χ4n) is 4.50. The molecule has 0 aliphatic carbocycles. The lowest BCUT2D eigenvalue weighted by Crippen LogP contribution is -2.40. The normalized spacial score (nSPS) is 15.0. The molecular weight excluding hydrogens is 774 g/mol. The monoisotopic (exact) mass is 796 g/mol. The molecule has 1 atom stereocenters. The van der Waals surface area contributed by atoms with E-state index in [2.05, 4.69) is 45.2 Å².